The number of allylic oxidation sites excluding steroid dienone is 3. The van der Waals surface area contributed by atoms with Gasteiger partial charge in [0.2, 0.25) is 5.92 Å². The number of aryl methyl sites for hydroxylation is 1. The van der Waals surface area contributed by atoms with Crippen LogP contribution in [0.15, 0.2) is 29.3 Å². The van der Waals surface area contributed by atoms with Crippen molar-refractivity contribution in [3.8, 4) is 0 Å². The molecular weight excluding hydrogens is 389 g/mol. The number of hydrogen-bond acceptors (Lipinski definition) is 2. The molecule has 0 spiro atoms. The second-order valence-corrected chi connectivity index (χ2v) is 7.59. The smallest absolute Gasteiger partial charge is 0.345 e. The monoisotopic (exact) mass is 417 g/mol. The molecule has 0 aliphatic heterocycles. The summed E-state index contributed by atoms with van der Waals surface area (Å²) in [6, 6.07) is 0. The van der Waals surface area contributed by atoms with Crippen LogP contribution < -0.4 is 0 Å². The molecule has 162 valence electrons. The number of imidazole rings is 1. The SMILES string of the molecule is C=C(/C=C\Cc1[nH]c(C2CCC(F)(F)CC2)nc1C)CCC/N=C\CC(F)(F)F. The summed E-state index contributed by atoms with van der Waals surface area (Å²) in [6.07, 6.45) is 2.17. The molecule has 0 bridgehead atoms. The van der Waals surface area contributed by atoms with E-state index in [1.165, 1.54) is 0 Å². The van der Waals surface area contributed by atoms with E-state index in [9.17, 15) is 22.0 Å². The molecule has 0 aromatic carbocycles. The number of aromatic nitrogens is 2. The van der Waals surface area contributed by atoms with Gasteiger partial charge in [-0.2, -0.15) is 13.2 Å². The molecule has 29 heavy (non-hydrogen) atoms. The van der Waals surface area contributed by atoms with E-state index in [1.807, 2.05) is 19.1 Å². The van der Waals surface area contributed by atoms with E-state index in [0.29, 0.717) is 38.6 Å². The number of aromatic amines is 1. The summed E-state index contributed by atoms with van der Waals surface area (Å²) in [5, 5.41) is 0. The Morgan fingerprint density at radius 2 is 2.00 bits per heavy atom. The van der Waals surface area contributed by atoms with Gasteiger partial charge in [-0.1, -0.05) is 24.3 Å². The lowest BCUT2D eigenvalue weighted by Gasteiger charge is -2.26. The van der Waals surface area contributed by atoms with Gasteiger partial charge in [0.1, 0.15) is 5.82 Å². The van der Waals surface area contributed by atoms with Crippen LogP contribution in [0, 0.1) is 6.92 Å². The van der Waals surface area contributed by atoms with Gasteiger partial charge in [-0.25, -0.2) is 13.8 Å². The second-order valence-electron chi connectivity index (χ2n) is 7.59. The van der Waals surface area contributed by atoms with Gasteiger partial charge in [-0.15, -0.1) is 0 Å². The highest BCUT2D eigenvalue weighted by Crippen LogP contribution is 2.40. The van der Waals surface area contributed by atoms with Crippen LogP contribution in [0.25, 0.3) is 0 Å². The first kappa shape index (κ1) is 23.3. The zero-order valence-electron chi connectivity index (χ0n) is 16.7. The Morgan fingerprint density at radius 1 is 1.31 bits per heavy atom. The van der Waals surface area contributed by atoms with Crippen LogP contribution in [0.5, 0.6) is 0 Å². The van der Waals surface area contributed by atoms with Gasteiger partial charge in [-0.3, -0.25) is 4.99 Å². The number of aliphatic imine (C=N–C) groups is 1. The van der Waals surface area contributed by atoms with Crippen molar-refractivity contribution in [2.75, 3.05) is 6.54 Å². The van der Waals surface area contributed by atoms with Crippen LogP contribution in [-0.4, -0.2) is 34.8 Å². The molecule has 1 aliphatic rings. The van der Waals surface area contributed by atoms with Crippen molar-refractivity contribution in [2.45, 2.75) is 76.3 Å². The highest BCUT2D eigenvalue weighted by Gasteiger charge is 2.36. The number of hydrogen-bond donors (Lipinski definition) is 1. The van der Waals surface area contributed by atoms with Crippen molar-refractivity contribution in [1.82, 2.24) is 9.97 Å². The van der Waals surface area contributed by atoms with E-state index >= 15 is 0 Å². The fourth-order valence-electron chi connectivity index (χ4n) is 3.31. The maximum absolute atomic E-state index is 13.3. The van der Waals surface area contributed by atoms with Crippen molar-refractivity contribution in [3.63, 3.8) is 0 Å². The maximum atomic E-state index is 13.3. The summed E-state index contributed by atoms with van der Waals surface area (Å²) >= 11 is 0. The Hall–Kier alpha value is -1.99. The number of H-pyrrole nitrogens is 1. The van der Waals surface area contributed by atoms with Gasteiger partial charge in [0.25, 0.3) is 0 Å². The average molecular weight is 417 g/mol. The summed E-state index contributed by atoms with van der Waals surface area (Å²) in [4.78, 5) is 11.6. The van der Waals surface area contributed by atoms with Gasteiger partial charge in [0, 0.05) is 43.6 Å². The van der Waals surface area contributed by atoms with Gasteiger partial charge in [0.15, 0.2) is 0 Å². The topological polar surface area (TPSA) is 41.0 Å². The Morgan fingerprint density at radius 3 is 2.66 bits per heavy atom. The number of halogens is 5. The molecule has 1 aromatic heterocycles. The van der Waals surface area contributed by atoms with Crippen molar-refractivity contribution in [1.29, 1.82) is 0 Å². The number of nitrogens with zero attached hydrogens (tertiary/aromatic N) is 2. The van der Waals surface area contributed by atoms with Crippen LogP contribution in [0.1, 0.15) is 68.1 Å². The van der Waals surface area contributed by atoms with E-state index in [0.717, 1.165) is 29.0 Å². The standard InChI is InChI=1S/C21H28F5N3/c1-15(6-4-13-27-14-12-21(24,25)26)5-3-7-18-16(2)28-19(29-18)17-8-10-20(22,23)11-9-17/h3,5,14,17H,1,4,6-13H2,2H3,(H,28,29)/b5-3-,27-14-. The van der Waals surface area contributed by atoms with Crippen LogP contribution in [0.3, 0.4) is 0 Å². The zero-order chi connectivity index (χ0) is 21.5. The molecular formula is C21H28F5N3. The molecule has 1 heterocycles. The predicted octanol–water partition coefficient (Wildman–Crippen LogP) is 6.47. The summed E-state index contributed by atoms with van der Waals surface area (Å²) in [6.45, 7) is 6.18. The normalized spacial score (nSPS) is 18.1. The molecule has 1 aromatic rings. The maximum Gasteiger partial charge on any atom is 0.393 e. The van der Waals surface area contributed by atoms with Crippen molar-refractivity contribution < 1.29 is 22.0 Å². The second kappa shape index (κ2) is 10.2. The third-order valence-electron chi connectivity index (χ3n) is 5.02. The van der Waals surface area contributed by atoms with E-state index in [2.05, 4.69) is 21.5 Å². The van der Waals surface area contributed by atoms with Crippen molar-refractivity contribution in [2.24, 2.45) is 4.99 Å². The highest BCUT2D eigenvalue weighted by atomic mass is 19.4. The Kier molecular flexibility index (Phi) is 8.16. The molecule has 3 nitrogen and oxygen atoms in total. The van der Waals surface area contributed by atoms with Crippen molar-refractivity contribution >= 4 is 6.21 Å². The molecule has 0 saturated heterocycles. The lowest BCUT2D eigenvalue weighted by atomic mass is 9.86. The van der Waals surface area contributed by atoms with Crippen LogP contribution in [0.2, 0.25) is 0 Å². The van der Waals surface area contributed by atoms with Crippen LogP contribution in [0.4, 0.5) is 22.0 Å². The molecule has 1 aliphatic carbocycles. The first-order valence-corrected chi connectivity index (χ1v) is 9.88. The molecule has 2 rings (SSSR count). The first-order valence-electron chi connectivity index (χ1n) is 9.88. The fourth-order valence-corrected chi connectivity index (χ4v) is 3.31. The van der Waals surface area contributed by atoms with Crippen molar-refractivity contribution in [3.05, 3.63) is 41.5 Å². The minimum absolute atomic E-state index is 0.0546. The van der Waals surface area contributed by atoms with E-state index in [-0.39, 0.29) is 18.8 Å². The lowest BCUT2D eigenvalue weighted by Crippen LogP contribution is -2.24. The Labute approximate surface area is 168 Å². The van der Waals surface area contributed by atoms with Crippen LogP contribution in [-0.2, 0) is 6.42 Å². The number of alkyl halides is 5. The number of rotatable bonds is 9. The lowest BCUT2D eigenvalue weighted by molar-refractivity contribution is -0.120. The van der Waals surface area contributed by atoms with Gasteiger partial charge in [0.05, 0.1) is 12.1 Å². The number of nitrogens with one attached hydrogen (secondary N) is 1. The van der Waals surface area contributed by atoms with E-state index in [1.54, 1.807) is 0 Å². The summed E-state index contributed by atoms with van der Waals surface area (Å²) in [5.74, 6) is -1.70. The minimum Gasteiger partial charge on any atom is -0.345 e. The first-order chi connectivity index (χ1) is 13.6. The highest BCUT2D eigenvalue weighted by molar-refractivity contribution is 5.57. The molecule has 0 unspecified atom stereocenters. The molecule has 0 amide bonds. The third-order valence-corrected chi connectivity index (χ3v) is 5.02. The summed E-state index contributed by atoms with van der Waals surface area (Å²) in [5.41, 5.74) is 2.70. The molecule has 1 fully saturated rings. The third kappa shape index (κ3) is 8.50. The summed E-state index contributed by atoms with van der Waals surface area (Å²) < 4.78 is 62.6. The molecule has 1 saturated carbocycles. The zero-order valence-corrected chi connectivity index (χ0v) is 16.7. The molecule has 8 heteroatoms. The van der Waals surface area contributed by atoms with E-state index < -0.39 is 18.5 Å². The molecule has 0 atom stereocenters. The quantitative estimate of drug-likeness (QED) is 0.213. The van der Waals surface area contributed by atoms with E-state index in [4.69, 9.17) is 0 Å². The minimum atomic E-state index is -4.21. The predicted molar refractivity (Wildman–Crippen MR) is 105 cm³/mol. The molecule has 1 N–H and O–H groups in total. The Balaban J connectivity index is 1.73. The van der Waals surface area contributed by atoms with Gasteiger partial charge < -0.3 is 4.98 Å². The molecule has 0 radical (unpaired) electrons. The Bertz CT molecular complexity index is 721. The summed E-state index contributed by atoms with van der Waals surface area (Å²) in [7, 11) is 0. The average Bonchev–Trinajstić information content (AvgIpc) is 2.98. The van der Waals surface area contributed by atoms with Gasteiger partial charge >= 0.3 is 6.18 Å². The van der Waals surface area contributed by atoms with Gasteiger partial charge in [-0.05, 0) is 32.6 Å². The van der Waals surface area contributed by atoms with Crippen LogP contribution >= 0.6 is 0 Å². The largest absolute Gasteiger partial charge is 0.393 e. The fraction of sp³-hybridized carbons (Fsp3) is 0.619.